The fourth-order valence-corrected chi connectivity index (χ4v) is 2.29. The lowest BCUT2D eigenvalue weighted by atomic mass is 9.99. The van der Waals surface area contributed by atoms with Crippen LogP contribution in [0, 0.1) is 24.0 Å². The maximum atomic E-state index is 12.3. The van der Waals surface area contributed by atoms with E-state index in [0.29, 0.717) is 16.8 Å². The molecule has 8 heteroatoms. The van der Waals surface area contributed by atoms with Crippen molar-refractivity contribution >= 4 is 17.3 Å². The zero-order valence-corrected chi connectivity index (χ0v) is 13.3. The smallest absolute Gasteiger partial charge is 0.322 e. The van der Waals surface area contributed by atoms with Gasteiger partial charge in [-0.25, -0.2) is 0 Å². The minimum atomic E-state index is -0.676. The number of amides is 1. The first-order valence-corrected chi connectivity index (χ1v) is 7.06. The van der Waals surface area contributed by atoms with E-state index in [0.717, 1.165) is 0 Å². The quantitative estimate of drug-likeness (QED) is 0.454. The number of phenolic OH excluding ortho intramolecular Hbond substituents is 1. The van der Waals surface area contributed by atoms with E-state index in [9.17, 15) is 20.0 Å². The SMILES string of the molecule is Cc1cc(O)c(C(C)C)cc1NC(=O)c1n[nH]c(C)c1[N+](=O)[O-]. The zero-order chi connectivity index (χ0) is 17.3. The highest BCUT2D eigenvalue weighted by atomic mass is 16.6. The summed E-state index contributed by atoms with van der Waals surface area (Å²) < 4.78 is 0. The number of aryl methyl sites for hydroxylation is 2. The van der Waals surface area contributed by atoms with Crippen molar-refractivity contribution in [2.45, 2.75) is 33.6 Å². The van der Waals surface area contributed by atoms with Gasteiger partial charge in [0.1, 0.15) is 11.4 Å². The average molecular weight is 318 g/mol. The van der Waals surface area contributed by atoms with Gasteiger partial charge in [-0.2, -0.15) is 5.10 Å². The Kier molecular flexibility index (Phi) is 4.35. The van der Waals surface area contributed by atoms with Crippen molar-refractivity contribution in [3.63, 3.8) is 0 Å². The molecule has 8 nitrogen and oxygen atoms in total. The van der Waals surface area contributed by atoms with Gasteiger partial charge >= 0.3 is 5.69 Å². The predicted octanol–water partition coefficient (Wildman–Crippen LogP) is 3.02. The molecule has 3 N–H and O–H groups in total. The maximum absolute atomic E-state index is 12.3. The molecule has 2 rings (SSSR count). The first-order chi connectivity index (χ1) is 10.7. The zero-order valence-electron chi connectivity index (χ0n) is 13.3. The monoisotopic (exact) mass is 318 g/mol. The van der Waals surface area contributed by atoms with Crippen LogP contribution in [0.2, 0.25) is 0 Å². The van der Waals surface area contributed by atoms with E-state index in [1.807, 2.05) is 13.8 Å². The summed E-state index contributed by atoms with van der Waals surface area (Å²) in [4.78, 5) is 22.7. The molecular weight excluding hydrogens is 300 g/mol. The first kappa shape index (κ1) is 16.5. The molecule has 0 fully saturated rings. The van der Waals surface area contributed by atoms with E-state index in [-0.39, 0.29) is 28.7 Å². The molecule has 1 heterocycles. The van der Waals surface area contributed by atoms with Crippen molar-refractivity contribution in [3.8, 4) is 5.75 Å². The lowest BCUT2D eigenvalue weighted by Gasteiger charge is -2.14. The molecular formula is C15H18N4O4. The summed E-state index contributed by atoms with van der Waals surface area (Å²) >= 11 is 0. The molecule has 0 radical (unpaired) electrons. The van der Waals surface area contributed by atoms with Crippen LogP contribution in [0.1, 0.15) is 47.1 Å². The number of benzene rings is 1. The van der Waals surface area contributed by atoms with E-state index in [1.165, 1.54) is 6.92 Å². The second-order valence-electron chi connectivity index (χ2n) is 5.64. The number of carbonyl (C=O) groups is 1. The molecule has 1 aromatic heterocycles. The summed E-state index contributed by atoms with van der Waals surface area (Å²) in [6.07, 6.45) is 0. The number of phenols is 1. The van der Waals surface area contributed by atoms with Crippen molar-refractivity contribution < 1.29 is 14.8 Å². The summed E-state index contributed by atoms with van der Waals surface area (Å²) in [5.41, 5.74) is 1.40. The van der Waals surface area contributed by atoms with Gasteiger partial charge in [0.2, 0.25) is 5.69 Å². The minimum absolute atomic E-state index is 0.0632. The second kappa shape index (κ2) is 6.07. The third-order valence-corrected chi connectivity index (χ3v) is 3.56. The van der Waals surface area contributed by atoms with Crippen LogP contribution in [0.4, 0.5) is 11.4 Å². The molecule has 1 amide bonds. The largest absolute Gasteiger partial charge is 0.508 e. The molecule has 1 aromatic carbocycles. The summed E-state index contributed by atoms with van der Waals surface area (Å²) in [6.45, 7) is 7.03. The summed E-state index contributed by atoms with van der Waals surface area (Å²) in [5, 5.41) is 29.8. The van der Waals surface area contributed by atoms with Crippen LogP contribution in [0.3, 0.4) is 0 Å². The highest BCUT2D eigenvalue weighted by molar-refractivity contribution is 6.06. The lowest BCUT2D eigenvalue weighted by Crippen LogP contribution is -2.15. The van der Waals surface area contributed by atoms with Gasteiger partial charge < -0.3 is 10.4 Å². The highest BCUT2D eigenvalue weighted by Crippen LogP contribution is 2.31. The molecule has 0 aliphatic rings. The van der Waals surface area contributed by atoms with Gasteiger partial charge in [0.15, 0.2) is 0 Å². The third-order valence-electron chi connectivity index (χ3n) is 3.56. The molecule has 122 valence electrons. The Balaban J connectivity index is 2.38. The number of aromatic amines is 1. The predicted molar refractivity (Wildman–Crippen MR) is 84.9 cm³/mol. The average Bonchev–Trinajstić information content (AvgIpc) is 2.83. The van der Waals surface area contributed by atoms with Gasteiger partial charge in [0, 0.05) is 5.69 Å². The van der Waals surface area contributed by atoms with Gasteiger partial charge in [-0.15, -0.1) is 0 Å². The molecule has 0 unspecified atom stereocenters. The number of nitrogens with one attached hydrogen (secondary N) is 2. The van der Waals surface area contributed by atoms with E-state index in [4.69, 9.17) is 0 Å². The number of nitrogens with zero attached hydrogens (tertiary/aromatic N) is 2. The number of hydrogen-bond donors (Lipinski definition) is 3. The summed E-state index contributed by atoms with van der Waals surface area (Å²) in [5.74, 6) is -0.463. The van der Waals surface area contributed by atoms with Crippen LogP contribution in [-0.4, -0.2) is 26.1 Å². The molecule has 0 saturated carbocycles. The van der Waals surface area contributed by atoms with Crippen LogP contribution < -0.4 is 5.32 Å². The topological polar surface area (TPSA) is 121 Å². The molecule has 0 saturated heterocycles. The molecule has 0 bridgehead atoms. The fraction of sp³-hybridized carbons (Fsp3) is 0.333. The third kappa shape index (κ3) is 3.15. The maximum Gasteiger partial charge on any atom is 0.322 e. The Morgan fingerprint density at radius 3 is 2.61 bits per heavy atom. The Labute approximate surface area is 132 Å². The number of aromatic nitrogens is 2. The summed E-state index contributed by atoms with van der Waals surface area (Å²) in [6, 6.07) is 3.22. The van der Waals surface area contributed by atoms with Crippen molar-refractivity contribution in [3.05, 3.63) is 44.8 Å². The number of carbonyl (C=O) groups excluding carboxylic acids is 1. The highest BCUT2D eigenvalue weighted by Gasteiger charge is 2.27. The van der Waals surface area contributed by atoms with Crippen LogP contribution in [0.5, 0.6) is 5.75 Å². The fourth-order valence-electron chi connectivity index (χ4n) is 2.29. The Morgan fingerprint density at radius 1 is 1.39 bits per heavy atom. The Morgan fingerprint density at radius 2 is 2.04 bits per heavy atom. The molecule has 0 aliphatic heterocycles. The number of H-pyrrole nitrogens is 1. The van der Waals surface area contributed by atoms with E-state index in [1.54, 1.807) is 19.1 Å². The normalized spacial score (nSPS) is 10.8. The first-order valence-electron chi connectivity index (χ1n) is 7.06. The number of hydrogen-bond acceptors (Lipinski definition) is 5. The van der Waals surface area contributed by atoms with Crippen LogP contribution >= 0.6 is 0 Å². The number of nitro groups is 1. The van der Waals surface area contributed by atoms with E-state index < -0.39 is 10.8 Å². The molecule has 2 aromatic rings. The van der Waals surface area contributed by atoms with Crippen molar-refractivity contribution in [2.24, 2.45) is 0 Å². The van der Waals surface area contributed by atoms with Gasteiger partial charge in [0.25, 0.3) is 5.91 Å². The van der Waals surface area contributed by atoms with Gasteiger partial charge in [0.05, 0.1) is 4.92 Å². The van der Waals surface area contributed by atoms with Gasteiger partial charge in [-0.3, -0.25) is 20.0 Å². The second-order valence-corrected chi connectivity index (χ2v) is 5.64. The number of anilines is 1. The van der Waals surface area contributed by atoms with Gasteiger partial charge in [-0.05, 0) is 43.0 Å². The number of rotatable bonds is 4. The Hall–Kier alpha value is -2.90. The molecule has 0 atom stereocenters. The van der Waals surface area contributed by atoms with E-state index in [2.05, 4.69) is 15.5 Å². The molecule has 23 heavy (non-hydrogen) atoms. The standard InChI is InChI=1S/C15H18N4O4/c1-7(2)10-6-11(8(3)5-12(10)20)16-15(21)13-14(19(22)23)9(4)17-18-13/h5-7,20H,1-4H3,(H,16,21)(H,17,18). The van der Waals surface area contributed by atoms with Crippen LogP contribution in [0.15, 0.2) is 12.1 Å². The van der Waals surface area contributed by atoms with Crippen molar-refractivity contribution in [1.29, 1.82) is 0 Å². The van der Waals surface area contributed by atoms with Crippen LogP contribution in [-0.2, 0) is 0 Å². The minimum Gasteiger partial charge on any atom is -0.508 e. The van der Waals surface area contributed by atoms with Crippen LogP contribution in [0.25, 0.3) is 0 Å². The van der Waals surface area contributed by atoms with Gasteiger partial charge in [-0.1, -0.05) is 13.8 Å². The van der Waals surface area contributed by atoms with E-state index >= 15 is 0 Å². The molecule has 0 spiro atoms. The lowest BCUT2D eigenvalue weighted by molar-refractivity contribution is -0.385. The number of aromatic hydroxyl groups is 1. The van der Waals surface area contributed by atoms with Crippen molar-refractivity contribution in [1.82, 2.24) is 10.2 Å². The van der Waals surface area contributed by atoms with Crippen molar-refractivity contribution in [2.75, 3.05) is 5.32 Å². The summed E-state index contributed by atoms with van der Waals surface area (Å²) in [7, 11) is 0. The Bertz CT molecular complexity index is 780. The molecule has 0 aliphatic carbocycles.